The first kappa shape index (κ1) is 15.5. The third-order valence-corrected chi connectivity index (χ3v) is 3.79. The number of ether oxygens (including phenoxy) is 1. The summed E-state index contributed by atoms with van der Waals surface area (Å²) in [7, 11) is 1.57. The van der Waals surface area contributed by atoms with Crippen molar-refractivity contribution in [2.24, 2.45) is 0 Å². The molecule has 3 heteroatoms. The maximum absolute atomic E-state index is 12.4. The average Bonchev–Trinajstić information content (AvgIpc) is 2.67. The highest BCUT2D eigenvalue weighted by atomic mass is 16.5. The van der Waals surface area contributed by atoms with Crippen LogP contribution < -0.4 is 4.74 Å². The molecule has 0 bridgehead atoms. The Balaban J connectivity index is 1.93. The van der Waals surface area contributed by atoms with Gasteiger partial charge in [0.2, 0.25) is 0 Å². The Morgan fingerprint density at radius 1 is 0.875 bits per heavy atom. The fraction of sp³-hybridized carbons (Fsp3) is 0.0476. The smallest absolute Gasteiger partial charge is 0.193 e. The van der Waals surface area contributed by atoms with E-state index in [2.05, 4.69) is 6.07 Å². The number of hydrogen-bond acceptors (Lipinski definition) is 3. The molecule has 0 aliphatic carbocycles. The molecule has 0 aliphatic rings. The van der Waals surface area contributed by atoms with Crippen molar-refractivity contribution in [3.63, 3.8) is 0 Å². The molecule has 0 unspecified atom stereocenters. The lowest BCUT2D eigenvalue weighted by Crippen LogP contribution is -2.00. The Bertz CT molecular complexity index is 907. The van der Waals surface area contributed by atoms with Crippen LogP contribution in [0.1, 0.15) is 21.5 Å². The predicted molar refractivity (Wildman–Crippen MR) is 93.0 cm³/mol. The van der Waals surface area contributed by atoms with E-state index in [-0.39, 0.29) is 5.78 Å². The van der Waals surface area contributed by atoms with Gasteiger partial charge in [-0.1, -0.05) is 54.6 Å². The second-order valence-corrected chi connectivity index (χ2v) is 5.33. The molecule has 0 N–H and O–H groups in total. The maximum atomic E-state index is 12.4. The van der Waals surface area contributed by atoms with Crippen molar-refractivity contribution < 1.29 is 9.53 Å². The molecule has 0 amide bonds. The highest BCUT2D eigenvalue weighted by Crippen LogP contribution is 2.26. The lowest BCUT2D eigenvalue weighted by Gasteiger charge is -2.07. The maximum Gasteiger partial charge on any atom is 0.193 e. The summed E-state index contributed by atoms with van der Waals surface area (Å²) in [6.07, 6.45) is 0. The zero-order chi connectivity index (χ0) is 16.9. The molecule has 0 radical (unpaired) electrons. The van der Waals surface area contributed by atoms with Crippen molar-refractivity contribution >= 4 is 5.78 Å². The summed E-state index contributed by atoms with van der Waals surface area (Å²) < 4.78 is 5.23. The van der Waals surface area contributed by atoms with Gasteiger partial charge < -0.3 is 4.74 Å². The number of carbonyl (C=O) groups is 1. The average molecular weight is 313 g/mol. The number of nitriles is 1. The monoisotopic (exact) mass is 313 g/mol. The number of hydrogen-bond donors (Lipinski definition) is 0. The summed E-state index contributed by atoms with van der Waals surface area (Å²) in [5.74, 6) is 0.624. The topological polar surface area (TPSA) is 50.1 Å². The Hall–Kier alpha value is -3.38. The van der Waals surface area contributed by atoms with Crippen molar-refractivity contribution in [3.05, 3.63) is 89.5 Å². The minimum Gasteiger partial charge on any atom is -0.497 e. The van der Waals surface area contributed by atoms with Crippen molar-refractivity contribution in [1.29, 1.82) is 5.26 Å². The van der Waals surface area contributed by atoms with Crippen molar-refractivity contribution in [2.45, 2.75) is 0 Å². The fourth-order valence-electron chi connectivity index (χ4n) is 2.52. The normalized spacial score (nSPS) is 10.0. The van der Waals surface area contributed by atoms with E-state index in [0.717, 1.165) is 11.1 Å². The van der Waals surface area contributed by atoms with Gasteiger partial charge in [0, 0.05) is 11.1 Å². The summed E-state index contributed by atoms with van der Waals surface area (Å²) >= 11 is 0. The van der Waals surface area contributed by atoms with Crippen LogP contribution in [0.3, 0.4) is 0 Å². The van der Waals surface area contributed by atoms with Gasteiger partial charge in [0.1, 0.15) is 5.75 Å². The largest absolute Gasteiger partial charge is 0.497 e. The first-order valence-corrected chi connectivity index (χ1v) is 7.50. The molecule has 0 atom stereocenters. The molecule has 0 aliphatic heterocycles. The van der Waals surface area contributed by atoms with Crippen molar-refractivity contribution in [1.82, 2.24) is 0 Å². The molecule has 0 heterocycles. The summed E-state index contributed by atoms with van der Waals surface area (Å²) in [4.78, 5) is 12.4. The van der Waals surface area contributed by atoms with Crippen LogP contribution in [0.4, 0.5) is 0 Å². The summed E-state index contributed by atoms with van der Waals surface area (Å²) in [6, 6.07) is 24.0. The van der Waals surface area contributed by atoms with Crippen molar-refractivity contribution in [2.75, 3.05) is 7.11 Å². The molecular formula is C21H15NO2. The Labute approximate surface area is 140 Å². The standard InChI is InChI=1S/C21H15NO2/c1-24-20-12-15(14-22)11-19(13-20)16-7-9-18(10-8-16)21(23)17-5-3-2-4-6-17/h2-13H,1H3. The third kappa shape index (κ3) is 3.18. The van der Waals surface area contributed by atoms with Crippen LogP contribution in [0, 0.1) is 11.3 Å². The molecule has 0 spiro atoms. The third-order valence-electron chi connectivity index (χ3n) is 3.79. The summed E-state index contributed by atoms with van der Waals surface area (Å²) in [5, 5.41) is 9.12. The highest BCUT2D eigenvalue weighted by Gasteiger charge is 2.09. The minimum atomic E-state index is -0.00879. The van der Waals surface area contributed by atoms with Crippen LogP contribution in [0.2, 0.25) is 0 Å². The number of nitrogens with zero attached hydrogens (tertiary/aromatic N) is 1. The quantitative estimate of drug-likeness (QED) is 0.668. The zero-order valence-electron chi connectivity index (χ0n) is 13.2. The van der Waals surface area contributed by atoms with Gasteiger partial charge in [0.05, 0.1) is 18.7 Å². The highest BCUT2D eigenvalue weighted by molar-refractivity contribution is 6.09. The van der Waals surface area contributed by atoms with E-state index >= 15 is 0 Å². The Kier molecular flexibility index (Phi) is 4.40. The van der Waals surface area contributed by atoms with E-state index < -0.39 is 0 Å². The van der Waals surface area contributed by atoms with Crippen LogP contribution in [-0.2, 0) is 0 Å². The van der Waals surface area contributed by atoms with Crippen LogP contribution in [-0.4, -0.2) is 12.9 Å². The second-order valence-electron chi connectivity index (χ2n) is 5.33. The summed E-state index contributed by atoms with van der Waals surface area (Å²) in [6.45, 7) is 0. The van der Waals surface area contributed by atoms with Crippen molar-refractivity contribution in [3.8, 4) is 22.9 Å². The molecule has 0 aromatic heterocycles. The predicted octanol–water partition coefficient (Wildman–Crippen LogP) is 4.46. The van der Waals surface area contributed by atoms with Gasteiger partial charge in [0.25, 0.3) is 0 Å². The molecule has 3 rings (SSSR count). The van der Waals surface area contributed by atoms with Gasteiger partial charge in [-0.3, -0.25) is 4.79 Å². The summed E-state index contributed by atoms with van der Waals surface area (Å²) in [5.41, 5.74) is 3.64. The SMILES string of the molecule is COc1cc(C#N)cc(-c2ccc(C(=O)c3ccccc3)cc2)c1. The molecule has 3 aromatic carbocycles. The van der Waals surface area contributed by atoms with Gasteiger partial charge in [-0.25, -0.2) is 0 Å². The molecule has 3 nitrogen and oxygen atoms in total. The molecule has 24 heavy (non-hydrogen) atoms. The first-order chi connectivity index (χ1) is 11.7. The lowest BCUT2D eigenvalue weighted by atomic mass is 9.98. The van der Waals surface area contributed by atoms with E-state index in [1.165, 1.54) is 0 Å². The first-order valence-electron chi connectivity index (χ1n) is 7.50. The number of ketones is 1. The van der Waals surface area contributed by atoms with Gasteiger partial charge in [-0.05, 0) is 29.3 Å². The Morgan fingerprint density at radius 2 is 1.54 bits per heavy atom. The molecule has 0 saturated heterocycles. The lowest BCUT2D eigenvalue weighted by molar-refractivity contribution is 0.103. The van der Waals surface area contributed by atoms with E-state index in [0.29, 0.717) is 22.4 Å². The number of carbonyl (C=O) groups excluding carboxylic acids is 1. The molecule has 0 saturated carbocycles. The van der Waals surface area contributed by atoms with E-state index in [9.17, 15) is 4.79 Å². The van der Waals surface area contributed by atoms with Gasteiger partial charge in [-0.2, -0.15) is 5.26 Å². The van der Waals surface area contributed by atoms with Crippen LogP contribution in [0.5, 0.6) is 5.75 Å². The molecular weight excluding hydrogens is 298 g/mol. The van der Waals surface area contributed by atoms with Gasteiger partial charge in [0.15, 0.2) is 5.78 Å². The van der Waals surface area contributed by atoms with E-state index in [1.54, 1.807) is 43.5 Å². The van der Waals surface area contributed by atoms with Crippen LogP contribution >= 0.6 is 0 Å². The zero-order valence-corrected chi connectivity index (χ0v) is 13.2. The van der Waals surface area contributed by atoms with Crippen LogP contribution in [0.25, 0.3) is 11.1 Å². The molecule has 0 fully saturated rings. The van der Waals surface area contributed by atoms with Gasteiger partial charge in [-0.15, -0.1) is 0 Å². The van der Waals surface area contributed by atoms with Gasteiger partial charge >= 0.3 is 0 Å². The second kappa shape index (κ2) is 6.80. The number of methoxy groups -OCH3 is 1. The molecule has 116 valence electrons. The fourth-order valence-corrected chi connectivity index (χ4v) is 2.52. The molecule has 3 aromatic rings. The number of benzene rings is 3. The van der Waals surface area contributed by atoms with Crippen LogP contribution in [0.15, 0.2) is 72.8 Å². The van der Waals surface area contributed by atoms with E-state index in [4.69, 9.17) is 10.00 Å². The Morgan fingerprint density at radius 3 is 2.17 bits per heavy atom. The number of rotatable bonds is 4. The minimum absolute atomic E-state index is 0.00879. The van der Waals surface area contributed by atoms with E-state index in [1.807, 2.05) is 36.4 Å².